The highest BCUT2D eigenvalue weighted by molar-refractivity contribution is 6.10. The van der Waals surface area contributed by atoms with Crippen molar-refractivity contribution in [2.45, 2.75) is 0 Å². The molecule has 0 spiro atoms. The van der Waals surface area contributed by atoms with E-state index in [1.54, 1.807) is 6.20 Å². The summed E-state index contributed by atoms with van der Waals surface area (Å²) < 4.78 is 18.6. The van der Waals surface area contributed by atoms with Crippen molar-refractivity contribution in [2.75, 3.05) is 4.90 Å². The van der Waals surface area contributed by atoms with Gasteiger partial charge in [0.15, 0.2) is 22.8 Å². The minimum atomic E-state index is 0.574. The second-order valence-electron chi connectivity index (χ2n) is 6.86. The molecule has 2 aromatic heterocycles. The summed E-state index contributed by atoms with van der Waals surface area (Å²) in [6.07, 6.45) is 1.73. The molecule has 0 amide bonds. The third-order valence-corrected chi connectivity index (χ3v) is 5.32. The first-order valence-corrected chi connectivity index (χ1v) is 9.06. The van der Waals surface area contributed by atoms with Crippen LogP contribution in [-0.4, -0.2) is 4.98 Å². The molecule has 5 heteroatoms. The van der Waals surface area contributed by atoms with E-state index in [1.165, 1.54) is 0 Å². The predicted molar refractivity (Wildman–Crippen MR) is 106 cm³/mol. The van der Waals surface area contributed by atoms with Crippen LogP contribution in [-0.2, 0) is 0 Å². The van der Waals surface area contributed by atoms with Crippen molar-refractivity contribution in [1.29, 1.82) is 0 Å². The molecule has 0 N–H and O–H groups in total. The molecule has 0 fully saturated rings. The summed E-state index contributed by atoms with van der Waals surface area (Å²) in [5.41, 5.74) is 4.25. The Bertz CT molecular complexity index is 1440. The molecule has 28 heavy (non-hydrogen) atoms. The summed E-state index contributed by atoms with van der Waals surface area (Å²) >= 11 is 0. The molecular formula is C23H12N2O3. The lowest BCUT2D eigenvalue weighted by Crippen LogP contribution is -2.20. The van der Waals surface area contributed by atoms with Gasteiger partial charge in [0.25, 0.3) is 0 Å². The van der Waals surface area contributed by atoms with Crippen LogP contribution >= 0.6 is 0 Å². The number of hydrogen-bond donors (Lipinski definition) is 0. The van der Waals surface area contributed by atoms with Crippen molar-refractivity contribution in [3.05, 3.63) is 72.9 Å². The van der Waals surface area contributed by atoms with E-state index in [0.29, 0.717) is 11.6 Å². The maximum absolute atomic E-state index is 6.35. The van der Waals surface area contributed by atoms with Crippen molar-refractivity contribution >= 4 is 39.0 Å². The van der Waals surface area contributed by atoms with Crippen molar-refractivity contribution < 1.29 is 13.9 Å². The Morgan fingerprint density at radius 1 is 0.714 bits per heavy atom. The van der Waals surface area contributed by atoms with E-state index in [4.69, 9.17) is 13.9 Å². The van der Waals surface area contributed by atoms with Crippen molar-refractivity contribution in [2.24, 2.45) is 0 Å². The lowest BCUT2D eigenvalue weighted by atomic mass is 10.1. The Labute approximate surface area is 159 Å². The zero-order valence-corrected chi connectivity index (χ0v) is 14.5. The summed E-state index contributed by atoms with van der Waals surface area (Å²) in [5.74, 6) is 2.73. The van der Waals surface area contributed by atoms with Crippen LogP contribution in [0.5, 0.6) is 23.1 Å². The third-order valence-electron chi connectivity index (χ3n) is 5.32. The Balaban J connectivity index is 1.60. The molecule has 0 saturated carbocycles. The molecule has 0 aliphatic carbocycles. The van der Waals surface area contributed by atoms with Crippen molar-refractivity contribution in [3.8, 4) is 23.1 Å². The number of aromatic nitrogens is 1. The molecule has 5 nitrogen and oxygen atoms in total. The van der Waals surface area contributed by atoms with Crippen LogP contribution in [0.2, 0.25) is 0 Å². The van der Waals surface area contributed by atoms with Gasteiger partial charge in [-0.15, -0.1) is 0 Å². The topological polar surface area (TPSA) is 47.7 Å². The number of pyridine rings is 1. The third kappa shape index (κ3) is 1.64. The van der Waals surface area contributed by atoms with Crippen LogP contribution < -0.4 is 14.4 Å². The van der Waals surface area contributed by atoms with Gasteiger partial charge in [-0.1, -0.05) is 24.3 Å². The Kier molecular flexibility index (Phi) is 2.44. The van der Waals surface area contributed by atoms with Crippen LogP contribution in [0.3, 0.4) is 0 Å². The number of hydrogen-bond acceptors (Lipinski definition) is 5. The Morgan fingerprint density at radius 2 is 1.61 bits per heavy atom. The highest BCUT2D eigenvalue weighted by atomic mass is 16.5. The van der Waals surface area contributed by atoms with E-state index in [1.807, 2.05) is 48.5 Å². The van der Waals surface area contributed by atoms with Gasteiger partial charge in [-0.05, 0) is 42.5 Å². The maximum atomic E-state index is 6.35. The molecule has 132 valence electrons. The summed E-state index contributed by atoms with van der Waals surface area (Å²) in [6, 6.07) is 21.9. The number of fused-ring (bicyclic) bond motifs is 8. The van der Waals surface area contributed by atoms with E-state index < -0.39 is 0 Å². The highest BCUT2D eigenvalue weighted by Gasteiger charge is 2.36. The Morgan fingerprint density at radius 3 is 2.57 bits per heavy atom. The average Bonchev–Trinajstić information content (AvgIpc) is 3.13. The molecule has 2 aliphatic heterocycles. The number of benzene rings is 3. The van der Waals surface area contributed by atoms with Gasteiger partial charge >= 0.3 is 0 Å². The highest BCUT2D eigenvalue weighted by Crippen LogP contribution is 2.60. The van der Waals surface area contributed by atoms with Gasteiger partial charge in [-0.3, -0.25) is 4.90 Å². The molecule has 0 saturated heterocycles. The van der Waals surface area contributed by atoms with Crippen LogP contribution in [0.1, 0.15) is 0 Å². The quantitative estimate of drug-likeness (QED) is 0.301. The first-order chi connectivity index (χ1) is 13.9. The van der Waals surface area contributed by atoms with Gasteiger partial charge in [0.05, 0.1) is 5.69 Å². The van der Waals surface area contributed by atoms with E-state index >= 15 is 0 Å². The minimum absolute atomic E-state index is 0.574. The second-order valence-corrected chi connectivity index (χ2v) is 6.86. The fourth-order valence-corrected chi connectivity index (χ4v) is 4.13. The number of furan rings is 1. The molecule has 0 bridgehead atoms. The van der Waals surface area contributed by atoms with Gasteiger partial charge in [0.2, 0.25) is 5.88 Å². The molecule has 2 aliphatic rings. The van der Waals surface area contributed by atoms with Crippen molar-refractivity contribution in [3.63, 3.8) is 0 Å². The van der Waals surface area contributed by atoms with Gasteiger partial charge in [0.1, 0.15) is 17.0 Å². The average molecular weight is 364 g/mol. The van der Waals surface area contributed by atoms with Gasteiger partial charge in [-0.2, -0.15) is 0 Å². The largest absolute Gasteiger partial charge is 0.452 e. The first kappa shape index (κ1) is 14.1. The molecule has 7 rings (SSSR count). The molecule has 0 atom stereocenters. The molecule has 5 aromatic rings. The van der Waals surface area contributed by atoms with Gasteiger partial charge in [0, 0.05) is 17.0 Å². The Hall–Kier alpha value is -3.99. The maximum Gasteiger partial charge on any atom is 0.243 e. The van der Waals surface area contributed by atoms with Crippen LogP contribution in [0.4, 0.5) is 17.1 Å². The van der Waals surface area contributed by atoms with Gasteiger partial charge in [-0.25, -0.2) is 4.98 Å². The summed E-state index contributed by atoms with van der Waals surface area (Å²) in [6.45, 7) is 0. The van der Waals surface area contributed by atoms with E-state index in [-0.39, 0.29) is 0 Å². The van der Waals surface area contributed by atoms with Crippen molar-refractivity contribution in [1.82, 2.24) is 4.98 Å². The fourth-order valence-electron chi connectivity index (χ4n) is 4.13. The normalized spacial score (nSPS) is 13.5. The number of rotatable bonds is 0. The van der Waals surface area contributed by atoms with Crippen LogP contribution in [0.15, 0.2) is 77.3 Å². The predicted octanol–water partition coefficient (Wildman–Crippen LogP) is 6.66. The molecular weight excluding hydrogens is 352 g/mol. The first-order valence-electron chi connectivity index (χ1n) is 9.06. The smallest absolute Gasteiger partial charge is 0.243 e. The SMILES string of the molecule is c1cc2c3c(c1)Oc1c(ccc4c1oc1ccccc14)N3c1cccnc1O2. The van der Waals surface area contributed by atoms with Crippen LogP contribution in [0.25, 0.3) is 21.9 Å². The van der Waals surface area contributed by atoms with Crippen LogP contribution in [0, 0.1) is 0 Å². The second kappa shape index (κ2) is 4.84. The number of nitrogens with zero attached hydrogens (tertiary/aromatic N) is 2. The van der Waals surface area contributed by atoms with E-state index in [2.05, 4.69) is 28.1 Å². The number of ether oxygens (including phenoxy) is 2. The standard InChI is InChI=1S/C23H12N2O3/c1-2-7-17-13(5-1)14-10-11-15-22(21(14)26-17)27-18-8-3-9-19-20(18)25(15)16-6-4-12-24-23(16)28-19/h1-12H. The monoisotopic (exact) mass is 364 g/mol. The molecule has 4 heterocycles. The van der Waals surface area contributed by atoms with Gasteiger partial charge < -0.3 is 13.9 Å². The fraction of sp³-hybridized carbons (Fsp3) is 0. The number of para-hydroxylation sites is 2. The summed E-state index contributed by atoms with van der Waals surface area (Å²) in [7, 11) is 0. The lowest BCUT2D eigenvalue weighted by Gasteiger charge is -2.36. The molecule has 0 unspecified atom stereocenters. The van der Waals surface area contributed by atoms with E-state index in [9.17, 15) is 0 Å². The summed E-state index contributed by atoms with van der Waals surface area (Å²) in [4.78, 5) is 6.55. The molecule has 0 radical (unpaired) electrons. The lowest BCUT2D eigenvalue weighted by molar-refractivity contribution is 0.434. The summed E-state index contributed by atoms with van der Waals surface area (Å²) in [5, 5.41) is 2.11. The molecule has 3 aromatic carbocycles. The van der Waals surface area contributed by atoms with E-state index in [0.717, 1.165) is 50.5 Å². The zero-order valence-electron chi connectivity index (χ0n) is 14.5. The minimum Gasteiger partial charge on any atom is -0.452 e. The number of anilines is 3. The zero-order chi connectivity index (χ0) is 18.2.